The van der Waals surface area contributed by atoms with Gasteiger partial charge in [-0.25, -0.2) is 0 Å². The van der Waals surface area contributed by atoms with Gasteiger partial charge in [0.1, 0.15) is 0 Å². The predicted molar refractivity (Wildman–Crippen MR) is 107 cm³/mol. The first-order chi connectivity index (χ1) is 12.4. The molecule has 0 saturated heterocycles. The van der Waals surface area contributed by atoms with E-state index in [0.29, 0.717) is 5.69 Å². The van der Waals surface area contributed by atoms with Gasteiger partial charge in [0.2, 0.25) is 0 Å². The summed E-state index contributed by atoms with van der Waals surface area (Å²) >= 11 is 1.78. The Balaban J connectivity index is 1.95. The smallest absolute Gasteiger partial charge is 0.0448 e. The minimum absolute atomic E-state index is 0.638. The summed E-state index contributed by atoms with van der Waals surface area (Å²) in [4.78, 5) is 4.07. The molecule has 0 fully saturated rings. The second-order valence-corrected chi connectivity index (χ2v) is 6.41. The monoisotopic (exact) mass is 343 g/mol. The molecule has 0 aliphatic heterocycles. The van der Waals surface area contributed by atoms with Crippen molar-refractivity contribution in [2.24, 2.45) is 5.11 Å². The molecule has 0 spiro atoms. The summed E-state index contributed by atoms with van der Waals surface area (Å²) in [5, 5.41) is 3.80. The third kappa shape index (κ3) is 4.77. The fourth-order valence-electron chi connectivity index (χ4n) is 2.44. The zero-order valence-electron chi connectivity index (χ0n) is 13.6. The highest BCUT2D eigenvalue weighted by atomic mass is 32.2. The topological polar surface area (TPSA) is 48.8 Å². The van der Waals surface area contributed by atoms with Gasteiger partial charge in [-0.05, 0) is 28.3 Å². The molecular weight excluding hydrogens is 326 g/mol. The van der Waals surface area contributed by atoms with Crippen LogP contribution < -0.4 is 0 Å². The number of benzene rings is 3. The summed E-state index contributed by atoms with van der Waals surface area (Å²) in [6.07, 6.45) is 2.09. The third-order valence-electron chi connectivity index (χ3n) is 3.67. The zero-order valence-corrected chi connectivity index (χ0v) is 14.4. The van der Waals surface area contributed by atoms with E-state index in [1.165, 1.54) is 5.56 Å². The van der Waals surface area contributed by atoms with Gasteiger partial charge in [0.15, 0.2) is 0 Å². The van der Waals surface area contributed by atoms with Gasteiger partial charge in [-0.3, -0.25) is 0 Å². The Labute approximate surface area is 151 Å². The highest BCUT2D eigenvalue weighted by molar-refractivity contribution is 8.07. The van der Waals surface area contributed by atoms with Gasteiger partial charge in [0, 0.05) is 21.3 Å². The van der Waals surface area contributed by atoms with Crippen LogP contribution in [0.15, 0.2) is 90.0 Å². The van der Waals surface area contributed by atoms with E-state index >= 15 is 0 Å². The highest BCUT2D eigenvalue weighted by Gasteiger charge is 2.05. The Bertz CT molecular complexity index is 899. The van der Waals surface area contributed by atoms with Gasteiger partial charge in [-0.15, -0.1) is 11.8 Å². The van der Waals surface area contributed by atoms with E-state index in [1.54, 1.807) is 11.8 Å². The molecule has 0 aliphatic rings. The first kappa shape index (κ1) is 16.9. The second kappa shape index (κ2) is 8.78. The molecule has 4 heteroatoms. The van der Waals surface area contributed by atoms with E-state index in [-0.39, 0.29) is 0 Å². The SMILES string of the molecule is [N-]=[N+]=Nc1ccccc1/C=C(\SCc1ccccc1)c1ccccc1. The van der Waals surface area contributed by atoms with Crippen LogP contribution in [0, 0.1) is 0 Å². The van der Waals surface area contributed by atoms with Gasteiger partial charge in [0.25, 0.3) is 0 Å². The van der Waals surface area contributed by atoms with Crippen LogP contribution in [0.1, 0.15) is 16.7 Å². The standard InChI is InChI=1S/C21H17N3S/c22-24-23-20-14-8-7-13-19(20)15-21(18-11-5-2-6-12-18)25-16-17-9-3-1-4-10-17/h1-15H,16H2/b21-15-. The van der Waals surface area contributed by atoms with Crippen LogP contribution in [0.2, 0.25) is 0 Å². The van der Waals surface area contributed by atoms with E-state index < -0.39 is 0 Å². The molecule has 0 bridgehead atoms. The largest absolute Gasteiger partial charge is 0.121 e. The molecular formula is C21H17N3S. The number of hydrogen-bond donors (Lipinski definition) is 0. The molecule has 0 N–H and O–H groups in total. The minimum atomic E-state index is 0.638. The van der Waals surface area contributed by atoms with Gasteiger partial charge in [-0.1, -0.05) is 90.0 Å². The second-order valence-electron chi connectivity index (χ2n) is 5.40. The summed E-state index contributed by atoms with van der Waals surface area (Å²) in [5.74, 6) is 0.880. The van der Waals surface area contributed by atoms with Crippen LogP contribution in [0.25, 0.3) is 21.4 Å². The molecule has 3 aromatic rings. The van der Waals surface area contributed by atoms with Crippen LogP contribution in [-0.4, -0.2) is 0 Å². The van der Waals surface area contributed by atoms with Crippen molar-refractivity contribution in [3.63, 3.8) is 0 Å². The molecule has 3 aromatic carbocycles. The van der Waals surface area contributed by atoms with E-state index in [9.17, 15) is 0 Å². The predicted octanol–water partition coefficient (Wildman–Crippen LogP) is 7.06. The fourth-order valence-corrected chi connectivity index (χ4v) is 3.46. The molecule has 0 radical (unpaired) electrons. The quantitative estimate of drug-likeness (QED) is 0.204. The maximum atomic E-state index is 8.78. The van der Waals surface area contributed by atoms with Crippen LogP contribution in [-0.2, 0) is 5.75 Å². The van der Waals surface area contributed by atoms with Crippen molar-refractivity contribution in [1.29, 1.82) is 0 Å². The Morgan fingerprint density at radius 3 is 2.24 bits per heavy atom. The van der Waals surface area contributed by atoms with E-state index in [4.69, 9.17) is 5.53 Å². The molecule has 25 heavy (non-hydrogen) atoms. The normalized spacial score (nSPS) is 11.0. The van der Waals surface area contributed by atoms with Crippen molar-refractivity contribution < 1.29 is 0 Å². The van der Waals surface area contributed by atoms with Crippen LogP contribution in [0.5, 0.6) is 0 Å². The molecule has 0 amide bonds. The van der Waals surface area contributed by atoms with Crippen LogP contribution >= 0.6 is 11.8 Å². The number of thioether (sulfide) groups is 1. The van der Waals surface area contributed by atoms with E-state index in [0.717, 1.165) is 21.8 Å². The fraction of sp³-hybridized carbons (Fsp3) is 0.0476. The number of azide groups is 1. The first-order valence-corrected chi connectivity index (χ1v) is 8.93. The summed E-state index contributed by atoms with van der Waals surface area (Å²) in [7, 11) is 0. The Morgan fingerprint density at radius 1 is 0.880 bits per heavy atom. The van der Waals surface area contributed by atoms with Crippen molar-refractivity contribution in [2.45, 2.75) is 5.75 Å². The summed E-state index contributed by atoms with van der Waals surface area (Å²) < 4.78 is 0. The molecule has 0 aliphatic carbocycles. The van der Waals surface area contributed by atoms with Crippen molar-refractivity contribution in [3.05, 3.63) is 112 Å². The summed E-state index contributed by atoms with van der Waals surface area (Å²) in [5.41, 5.74) is 12.8. The van der Waals surface area contributed by atoms with Gasteiger partial charge < -0.3 is 0 Å². The lowest BCUT2D eigenvalue weighted by Crippen LogP contribution is -1.84. The van der Waals surface area contributed by atoms with Gasteiger partial charge in [0.05, 0.1) is 0 Å². The third-order valence-corrected chi connectivity index (χ3v) is 4.81. The molecule has 0 saturated carbocycles. The van der Waals surface area contributed by atoms with Gasteiger partial charge >= 0.3 is 0 Å². The number of nitrogens with zero attached hydrogens (tertiary/aromatic N) is 3. The van der Waals surface area contributed by atoms with E-state index in [1.807, 2.05) is 48.5 Å². The molecule has 0 heterocycles. The summed E-state index contributed by atoms with van der Waals surface area (Å²) in [6.45, 7) is 0. The Hall–Kier alpha value is -2.94. The van der Waals surface area contributed by atoms with Crippen LogP contribution in [0.3, 0.4) is 0 Å². The Morgan fingerprint density at radius 2 is 1.52 bits per heavy atom. The maximum Gasteiger partial charge on any atom is 0.0448 e. The molecule has 0 aromatic heterocycles. The lowest BCUT2D eigenvalue weighted by molar-refractivity contribution is 1.42. The lowest BCUT2D eigenvalue weighted by Gasteiger charge is -2.09. The van der Waals surface area contributed by atoms with Crippen molar-refractivity contribution in [2.75, 3.05) is 0 Å². The van der Waals surface area contributed by atoms with E-state index in [2.05, 4.69) is 52.5 Å². The van der Waals surface area contributed by atoms with Crippen molar-refractivity contribution in [3.8, 4) is 0 Å². The molecule has 122 valence electrons. The average Bonchev–Trinajstić information content (AvgIpc) is 2.68. The average molecular weight is 343 g/mol. The van der Waals surface area contributed by atoms with Crippen molar-refractivity contribution >= 4 is 28.4 Å². The molecule has 3 rings (SSSR count). The number of rotatable bonds is 6. The lowest BCUT2D eigenvalue weighted by atomic mass is 10.1. The molecule has 3 nitrogen and oxygen atoms in total. The first-order valence-electron chi connectivity index (χ1n) is 7.95. The summed E-state index contributed by atoms with van der Waals surface area (Å²) in [6, 6.07) is 28.3. The van der Waals surface area contributed by atoms with Crippen molar-refractivity contribution in [1.82, 2.24) is 0 Å². The zero-order chi connectivity index (χ0) is 17.3. The maximum absolute atomic E-state index is 8.78. The number of hydrogen-bond acceptors (Lipinski definition) is 2. The Kier molecular flexibility index (Phi) is 5.94. The highest BCUT2D eigenvalue weighted by Crippen LogP contribution is 2.34. The van der Waals surface area contributed by atoms with Crippen LogP contribution in [0.4, 0.5) is 5.69 Å². The van der Waals surface area contributed by atoms with Gasteiger partial charge in [-0.2, -0.15) is 0 Å². The minimum Gasteiger partial charge on any atom is -0.121 e. The molecule has 0 unspecified atom stereocenters. The molecule has 0 atom stereocenters.